The first-order valence-electron chi connectivity index (χ1n) is 8.42. The van der Waals surface area contributed by atoms with Crippen LogP contribution in [0.15, 0.2) is 48.5 Å². The van der Waals surface area contributed by atoms with Crippen molar-refractivity contribution >= 4 is 5.82 Å². The Labute approximate surface area is 141 Å². The standard InChI is InChI=1S/C20H20FN3/c1-14-6-2-3-7-17(14)19-18-8-4-5-13-22-20(18)24(23-19)16-11-9-15(21)10-12-16/h2-3,6-7,9-12,22H,4-5,8,13H2,1H3. The molecule has 1 aromatic heterocycles. The van der Waals surface area contributed by atoms with Crippen molar-refractivity contribution in [2.45, 2.75) is 26.2 Å². The second kappa shape index (κ2) is 6.11. The molecule has 4 rings (SSSR count). The Kier molecular flexibility index (Phi) is 3.81. The molecule has 24 heavy (non-hydrogen) atoms. The summed E-state index contributed by atoms with van der Waals surface area (Å²) in [7, 11) is 0. The molecule has 2 heterocycles. The van der Waals surface area contributed by atoms with Crippen molar-refractivity contribution in [1.29, 1.82) is 0 Å². The summed E-state index contributed by atoms with van der Waals surface area (Å²) in [6, 6.07) is 14.8. The van der Waals surface area contributed by atoms with Crippen LogP contribution >= 0.6 is 0 Å². The average molecular weight is 321 g/mol. The van der Waals surface area contributed by atoms with Gasteiger partial charge in [-0.1, -0.05) is 24.3 Å². The van der Waals surface area contributed by atoms with Gasteiger partial charge in [0, 0.05) is 17.7 Å². The van der Waals surface area contributed by atoms with Crippen LogP contribution in [-0.4, -0.2) is 16.3 Å². The largest absolute Gasteiger partial charge is 0.370 e. The second-order valence-electron chi connectivity index (χ2n) is 6.26. The van der Waals surface area contributed by atoms with Gasteiger partial charge in [-0.05, 0) is 56.0 Å². The molecule has 0 amide bonds. The highest BCUT2D eigenvalue weighted by Gasteiger charge is 2.22. The van der Waals surface area contributed by atoms with E-state index in [-0.39, 0.29) is 5.82 Å². The zero-order valence-electron chi connectivity index (χ0n) is 13.7. The predicted molar refractivity (Wildman–Crippen MR) is 95.1 cm³/mol. The summed E-state index contributed by atoms with van der Waals surface area (Å²) in [6.45, 7) is 3.05. The number of fused-ring (bicyclic) bond motifs is 1. The van der Waals surface area contributed by atoms with E-state index in [1.807, 2.05) is 10.7 Å². The molecule has 0 spiro atoms. The van der Waals surface area contributed by atoms with Gasteiger partial charge in [-0.3, -0.25) is 0 Å². The Morgan fingerprint density at radius 2 is 1.83 bits per heavy atom. The molecule has 0 aliphatic carbocycles. The van der Waals surface area contributed by atoms with Gasteiger partial charge in [-0.25, -0.2) is 9.07 Å². The van der Waals surface area contributed by atoms with Crippen molar-refractivity contribution in [2.24, 2.45) is 0 Å². The molecule has 0 bridgehead atoms. The minimum absolute atomic E-state index is 0.232. The van der Waals surface area contributed by atoms with Crippen molar-refractivity contribution in [3.63, 3.8) is 0 Å². The van der Waals surface area contributed by atoms with E-state index in [9.17, 15) is 4.39 Å². The van der Waals surface area contributed by atoms with Crippen LogP contribution in [0.2, 0.25) is 0 Å². The van der Waals surface area contributed by atoms with E-state index >= 15 is 0 Å². The molecular formula is C20H20FN3. The highest BCUT2D eigenvalue weighted by atomic mass is 19.1. The molecule has 0 radical (unpaired) electrons. The van der Waals surface area contributed by atoms with Crippen LogP contribution in [0.1, 0.15) is 24.0 Å². The van der Waals surface area contributed by atoms with E-state index in [0.717, 1.165) is 43.0 Å². The SMILES string of the molecule is Cc1ccccc1-c1nn(-c2ccc(F)cc2)c2c1CCCCN2. The molecule has 1 aliphatic rings. The molecule has 4 heteroatoms. The minimum atomic E-state index is -0.232. The van der Waals surface area contributed by atoms with Crippen molar-refractivity contribution in [1.82, 2.24) is 9.78 Å². The van der Waals surface area contributed by atoms with E-state index in [1.54, 1.807) is 12.1 Å². The number of hydrogen-bond donors (Lipinski definition) is 1. The lowest BCUT2D eigenvalue weighted by molar-refractivity contribution is 0.627. The first-order valence-corrected chi connectivity index (χ1v) is 8.42. The summed E-state index contributed by atoms with van der Waals surface area (Å²) in [6.07, 6.45) is 3.30. The van der Waals surface area contributed by atoms with Gasteiger partial charge >= 0.3 is 0 Å². The normalized spacial score (nSPS) is 13.9. The van der Waals surface area contributed by atoms with Gasteiger partial charge in [-0.2, -0.15) is 5.10 Å². The Morgan fingerprint density at radius 3 is 2.62 bits per heavy atom. The Balaban J connectivity index is 1.92. The van der Waals surface area contributed by atoms with Crippen LogP contribution in [0.4, 0.5) is 10.2 Å². The molecule has 3 aromatic rings. The predicted octanol–water partition coefficient (Wildman–Crippen LogP) is 4.74. The van der Waals surface area contributed by atoms with E-state index in [2.05, 4.69) is 30.4 Å². The van der Waals surface area contributed by atoms with Crippen molar-refractivity contribution < 1.29 is 4.39 Å². The maximum absolute atomic E-state index is 13.3. The van der Waals surface area contributed by atoms with Crippen molar-refractivity contribution in [2.75, 3.05) is 11.9 Å². The van der Waals surface area contributed by atoms with Gasteiger partial charge in [0.1, 0.15) is 11.6 Å². The zero-order chi connectivity index (χ0) is 16.5. The van der Waals surface area contributed by atoms with Gasteiger partial charge in [0.15, 0.2) is 0 Å². The highest BCUT2D eigenvalue weighted by molar-refractivity contribution is 5.73. The number of aryl methyl sites for hydroxylation is 1. The summed E-state index contributed by atoms with van der Waals surface area (Å²) in [5, 5.41) is 8.42. The smallest absolute Gasteiger partial charge is 0.133 e. The number of halogens is 1. The minimum Gasteiger partial charge on any atom is -0.370 e. The van der Waals surface area contributed by atoms with Gasteiger partial charge < -0.3 is 5.32 Å². The number of hydrogen-bond acceptors (Lipinski definition) is 2. The molecular weight excluding hydrogens is 301 g/mol. The maximum atomic E-state index is 13.3. The van der Waals surface area contributed by atoms with Crippen molar-refractivity contribution in [3.8, 4) is 16.9 Å². The molecule has 0 unspecified atom stereocenters. The monoisotopic (exact) mass is 321 g/mol. The molecule has 1 aliphatic heterocycles. The van der Waals surface area contributed by atoms with E-state index < -0.39 is 0 Å². The number of anilines is 1. The summed E-state index contributed by atoms with van der Waals surface area (Å²) in [5.41, 5.74) is 5.54. The number of nitrogens with one attached hydrogen (secondary N) is 1. The fraction of sp³-hybridized carbons (Fsp3) is 0.250. The van der Waals surface area contributed by atoms with E-state index in [1.165, 1.54) is 28.8 Å². The molecule has 0 saturated heterocycles. The maximum Gasteiger partial charge on any atom is 0.133 e. The quantitative estimate of drug-likeness (QED) is 0.739. The average Bonchev–Trinajstić information content (AvgIpc) is 2.78. The van der Waals surface area contributed by atoms with Gasteiger partial charge in [0.05, 0.1) is 11.4 Å². The van der Waals surface area contributed by atoms with Gasteiger partial charge in [0.2, 0.25) is 0 Å². The lowest BCUT2D eigenvalue weighted by atomic mass is 10.00. The molecule has 0 saturated carbocycles. The van der Waals surface area contributed by atoms with Gasteiger partial charge in [0.25, 0.3) is 0 Å². The molecule has 3 nitrogen and oxygen atoms in total. The molecule has 1 N–H and O–H groups in total. The molecule has 0 atom stereocenters. The lowest BCUT2D eigenvalue weighted by Crippen LogP contribution is -2.07. The second-order valence-corrected chi connectivity index (χ2v) is 6.26. The molecule has 0 fully saturated rings. The summed E-state index contributed by atoms with van der Waals surface area (Å²) in [4.78, 5) is 0. The summed E-state index contributed by atoms with van der Waals surface area (Å²) in [5.74, 6) is 0.807. The fourth-order valence-corrected chi connectivity index (χ4v) is 3.33. The zero-order valence-corrected chi connectivity index (χ0v) is 13.7. The van der Waals surface area contributed by atoms with Crippen LogP contribution in [-0.2, 0) is 6.42 Å². The van der Waals surface area contributed by atoms with E-state index in [0.29, 0.717) is 0 Å². The number of nitrogens with zero attached hydrogens (tertiary/aromatic N) is 2. The third-order valence-corrected chi connectivity index (χ3v) is 4.60. The summed E-state index contributed by atoms with van der Waals surface area (Å²) < 4.78 is 15.2. The third kappa shape index (κ3) is 2.58. The number of aromatic nitrogens is 2. The Morgan fingerprint density at radius 1 is 1.04 bits per heavy atom. The van der Waals surface area contributed by atoms with Crippen LogP contribution in [0, 0.1) is 12.7 Å². The first kappa shape index (κ1) is 14.9. The van der Waals surface area contributed by atoms with Crippen molar-refractivity contribution in [3.05, 3.63) is 65.5 Å². The van der Waals surface area contributed by atoms with Gasteiger partial charge in [-0.15, -0.1) is 0 Å². The van der Waals surface area contributed by atoms with Crippen LogP contribution < -0.4 is 5.32 Å². The van der Waals surface area contributed by atoms with Crippen LogP contribution in [0.3, 0.4) is 0 Å². The van der Waals surface area contributed by atoms with Crippen LogP contribution in [0.25, 0.3) is 16.9 Å². The topological polar surface area (TPSA) is 29.9 Å². The van der Waals surface area contributed by atoms with Crippen LogP contribution in [0.5, 0.6) is 0 Å². The summed E-state index contributed by atoms with van der Waals surface area (Å²) >= 11 is 0. The number of benzene rings is 2. The molecule has 2 aromatic carbocycles. The highest BCUT2D eigenvalue weighted by Crippen LogP contribution is 2.35. The lowest BCUT2D eigenvalue weighted by Gasteiger charge is -2.09. The fourth-order valence-electron chi connectivity index (χ4n) is 3.33. The third-order valence-electron chi connectivity index (χ3n) is 4.60. The molecule has 122 valence electrons. The number of rotatable bonds is 2. The first-order chi connectivity index (χ1) is 11.7. The van der Waals surface area contributed by atoms with E-state index in [4.69, 9.17) is 5.10 Å². The Bertz CT molecular complexity index is 865. The Hall–Kier alpha value is -2.62.